The van der Waals surface area contributed by atoms with Crippen LogP contribution in [0.1, 0.15) is 98.2 Å². The quantitative estimate of drug-likeness (QED) is 0.0228. The van der Waals surface area contributed by atoms with Gasteiger partial charge in [-0.3, -0.25) is 14.9 Å². The minimum Gasteiger partial charge on any atom is -0.493 e. The van der Waals surface area contributed by atoms with Crippen LogP contribution in [-0.2, 0) is 46.1 Å². The van der Waals surface area contributed by atoms with Crippen molar-refractivity contribution in [2.24, 2.45) is 0 Å². The smallest absolute Gasteiger partial charge is 0.411 e. The summed E-state index contributed by atoms with van der Waals surface area (Å²) in [6, 6.07) is 11.9. The Hall–Kier alpha value is -6.38. The summed E-state index contributed by atoms with van der Waals surface area (Å²) in [5, 5.41) is 2.76. The molecule has 0 saturated heterocycles. The van der Waals surface area contributed by atoms with E-state index in [1.165, 1.54) is 20.3 Å². The summed E-state index contributed by atoms with van der Waals surface area (Å²) in [6.07, 6.45) is 6.69. The van der Waals surface area contributed by atoms with Gasteiger partial charge in [-0.25, -0.2) is 9.59 Å². The second-order valence-corrected chi connectivity index (χ2v) is 24.9. The molecule has 0 aliphatic carbocycles. The third kappa shape index (κ3) is 17.1. The number of anilines is 2. The van der Waals surface area contributed by atoms with Crippen molar-refractivity contribution in [2.45, 2.75) is 111 Å². The molecule has 0 saturated carbocycles. The Morgan fingerprint density at radius 3 is 1.93 bits per heavy atom. The van der Waals surface area contributed by atoms with E-state index in [0.717, 1.165) is 24.0 Å². The second kappa shape index (κ2) is 27.9. The summed E-state index contributed by atoms with van der Waals surface area (Å²) < 4.78 is 57.6. The third-order valence-corrected chi connectivity index (χ3v) is 17.7. The third-order valence-electron chi connectivity index (χ3n) is 13.2. The van der Waals surface area contributed by atoms with Crippen LogP contribution in [0.3, 0.4) is 0 Å². The predicted octanol–water partition coefficient (Wildman–Crippen LogP) is 9.75. The molecule has 410 valence electrons. The van der Waals surface area contributed by atoms with Crippen LogP contribution in [0.5, 0.6) is 23.0 Å². The van der Waals surface area contributed by atoms with E-state index in [9.17, 15) is 19.2 Å². The zero-order chi connectivity index (χ0) is 54.9. The number of esters is 1. The van der Waals surface area contributed by atoms with Gasteiger partial charge in [0.1, 0.15) is 44.5 Å². The Morgan fingerprint density at radius 2 is 1.33 bits per heavy atom. The van der Waals surface area contributed by atoms with Gasteiger partial charge >= 0.3 is 12.1 Å². The Bertz CT molecular complexity index is 2540. The van der Waals surface area contributed by atoms with Gasteiger partial charge in [0.15, 0.2) is 19.8 Å². The van der Waals surface area contributed by atoms with Crippen molar-refractivity contribution < 1.29 is 66.2 Å². The zero-order valence-electron chi connectivity index (χ0n) is 45.7. The van der Waals surface area contributed by atoms with Crippen molar-refractivity contribution >= 4 is 43.6 Å². The van der Waals surface area contributed by atoms with E-state index in [1.807, 2.05) is 51.4 Å². The van der Waals surface area contributed by atoms with E-state index < -0.39 is 20.4 Å². The van der Waals surface area contributed by atoms with Gasteiger partial charge in [-0.15, -0.1) is 0 Å². The summed E-state index contributed by atoms with van der Waals surface area (Å²) in [6.45, 7) is 24.4. The van der Waals surface area contributed by atoms with Gasteiger partial charge in [-0.05, 0) is 105 Å². The van der Waals surface area contributed by atoms with E-state index in [2.05, 4.69) is 57.4 Å². The summed E-state index contributed by atoms with van der Waals surface area (Å²) >= 11 is 0. The molecule has 18 nitrogen and oxygen atoms in total. The highest BCUT2D eigenvalue weighted by Gasteiger charge is 2.39. The largest absolute Gasteiger partial charge is 0.493 e. The molecule has 0 radical (unpaired) electrons. The maximum absolute atomic E-state index is 14.5. The Labute approximate surface area is 443 Å². The van der Waals surface area contributed by atoms with Gasteiger partial charge in [0.05, 0.1) is 76.7 Å². The van der Waals surface area contributed by atoms with Crippen LogP contribution >= 0.6 is 0 Å². The Morgan fingerprint density at radius 1 is 0.747 bits per heavy atom. The molecule has 3 aromatic rings. The maximum atomic E-state index is 14.5. The predicted molar refractivity (Wildman–Crippen MR) is 289 cm³/mol. The first-order valence-corrected chi connectivity index (χ1v) is 28.2. The van der Waals surface area contributed by atoms with Crippen LogP contribution in [0, 0.1) is 6.92 Å². The van der Waals surface area contributed by atoms with Crippen molar-refractivity contribution in [2.75, 3.05) is 84.7 Å². The van der Waals surface area contributed by atoms with Crippen molar-refractivity contribution in [1.29, 1.82) is 0 Å². The molecule has 0 bridgehead atoms. The normalized spacial score (nSPS) is 15.5. The average Bonchev–Trinajstić information content (AvgIpc) is 3.96. The van der Waals surface area contributed by atoms with Gasteiger partial charge in [0.2, 0.25) is 0 Å². The van der Waals surface area contributed by atoms with E-state index in [1.54, 1.807) is 34.1 Å². The van der Waals surface area contributed by atoms with Crippen LogP contribution in [0.4, 0.5) is 16.2 Å². The van der Waals surface area contributed by atoms with Gasteiger partial charge in [-0.1, -0.05) is 51.5 Å². The summed E-state index contributed by atoms with van der Waals surface area (Å²) in [4.78, 5) is 56.0. The van der Waals surface area contributed by atoms with Crippen molar-refractivity contribution in [3.8, 4) is 23.0 Å². The molecule has 3 aromatic carbocycles. The number of carbonyl (C=O) groups excluding carboxylic acids is 4. The van der Waals surface area contributed by atoms with Crippen molar-refractivity contribution in [3.63, 3.8) is 0 Å². The fourth-order valence-corrected chi connectivity index (χ4v) is 9.11. The standard InChI is InChI=1S/C56H78N4O14Si/c1-13-15-71-55(64)58-48-30-49(39(5)24-46(48)54(63)60-32-38(4)23-43(60)35-74-75(11,12)56(6,7)8)72-33-40-25-41(27-44(26-40)70-21-20-68-17-16-67-18-19-69-36-52(61)66-10)34-73-51-29-47(57)45(28-50(51)65-9)53(62)59-31-37(3)22-42(59)14-2/h13,24-32,42-43H,1,14-23,33-36,57H2,2-12H3,(H,58,64)/t42-,43+/m1/s1. The number of benzene rings is 3. The molecule has 5 rings (SSSR count). The lowest BCUT2D eigenvalue weighted by atomic mass is 10.1. The average molecular weight is 1060 g/mol. The summed E-state index contributed by atoms with van der Waals surface area (Å²) in [5.74, 6) is 0.624. The summed E-state index contributed by atoms with van der Waals surface area (Å²) in [5.41, 5.74) is 11.8. The number of nitrogens with two attached hydrogens (primary N) is 1. The molecular formula is C56H78N4O14Si. The molecule has 2 aliphatic heterocycles. The van der Waals surface area contributed by atoms with Crippen LogP contribution < -0.4 is 30.0 Å². The highest BCUT2D eigenvalue weighted by molar-refractivity contribution is 6.74. The number of nitrogens with one attached hydrogen (secondary N) is 1. The van der Waals surface area contributed by atoms with Crippen LogP contribution in [0.25, 0.3) is 0 Å². The molecule has 75 heavy (non-hydrogen) atoms. The van der Waals surface area contributed by atoms with Gasteiger partial charge in [0.25, 0.3) is 11.8 Å². The van der Waals surface area contributed by atoms with Gasteiger partial charge in [0, 0.05) is 36.3 Å². The molecule has 2 atom stereocenters. The number of aryl methyl sites for hydroxylation is 1. The number of nitrogens with zero attached hydrogens (tertiary/aromatic N) is 2. The number of amides is 3. The van der Waals surface area contributed by atoms with Crippen LogP contribution in [-0.4, -0.2) is 128 Å². The van der Waals surface area contributed by atoms with E-state index in [0.29, 0.717) is 78.1 Å². The first kappa shape index (κ1) is 59.5. The number of hydrogen-bond acceptors (Lipinski definition) is 15. The van der Waals surface area contributed by atoms with Crippen molar-refractivity contribution in [1.82, 2.24) is 9.80 Å². The van der Waals surface area contributed by atoms with Crippen LogP contribution in [0.2, 0.25) is 18.1 Å². The van der Waals surface area contributed by atoms with E-state index in [-0.39, 0.29) is 92.1 Å². The Balaban J connectivity index is 1.36. The molecule has 0 fully saturated rings. The number of nitrogen functional groups attached to an aromatic ring is 1. The first-order valence-electron chi connectivity index (χ1n) is 25.3. The topological polar surface area (TPSA) is 205 Å². The maximum Gasteiger partial charge on any atom is 0.411 e. The fourth-order valence-electron chi connectivity index (χ4n) is 8.07. The monoisotopic (exact) mass is 1060 g/mol. The molecule has 19 heteroatoms. The Kier molecular flexibility index (Phi) is 22.2. The fraction of sp³-hybridized carbons (Fsp3) is 0.500. The zero-order valence-corrected chi connectivity index (χ0v) is 46.7. The second-order valence-electron chi connectivity index (χ2n) is 20.1. The van der Waals surface area contributed by atoms with Crippen LogP contribution in [0.15, 0.2) is 78.7 Å². The minimum atomic E-state index is -2.13. The highest BCUT2D eigenvalue weighted by atomic mass is 28.4. The number of hydrogen-bond donors (Lipinski definition) is 2. The van der Waals surface area contributed by atoms with Crippen molar-refractivity contribution in [3.05, 3.63) is 106 Å². The van der Waals surface area contributed by atoms with E-state index in [4.69, 9.17) is 48.1 Å². The SMILES string of the molecule is C=CCOC(=O)Nc1cc(OCc2cc(COc3cc(N)c(C(=O)N4C=C(C)C[C@H]4CC)cc3OC)cc(OCCOCCOCCOCC(=O)OC)c2)c(C)cc1C(=O)N1C=C(C)C[C@H]1CO[Si](C)(C)C(C)(C)C. The summed E-state index contributed by atoms with van der Waals surface area (Å²) in [7, 11) is 0.675. The number of ether oxygens (including phenoxy) is 9. The molecule has 2 aliphatic rings. The first-order chi connectivity index (χ1) is 35.7. The molecule has 0 aromatic heterocycles. The lowest BCUT2D eigenvalue weighted by molar-refractivity contribution is -0.146. The lowest BCUT2D eigenvalue weighted by Crippen LogP contribution is -2.45. The molecule has 2 heterocycles. The number of methoxy groups -OCH3 is 2. The number of carbonyl (C=O) groups is 4. The van der Waals surface area contributed by atoms with E-state index >= 15 is 0 Å². The van der Waals surface area contributed by atoms with Gasteiger partial charge in [-0.2, -0.15) is 0 Å². The molecule has 0 spiro atoms. The highest BCUT2D eigenvalue weighted by Crippen LogP contribution is 2.39. The molecule has 3 amide bonds. The molecular weight excluding hydrogens is 981 g/mol. The van der Waals surface area contributed by atoms with Gasteiger partial charge < -0.3 is 62.6 Å². The lowest BCUT2D eigenvalue weighted by Gasteiger charge is -2.38. The minimum absolute atomic E-state index is 0.00957. The number of rotatable bonds is 28. The molecule has 0 unspecified atom stereocenters. The molecule has 3 N–H and O–H groups in total.